The summed E-state index contributed by atoms with van der Waals surface area (Å²) in [5, 5.41) is 0. The molecule has 0 spiro atoms. The maximum atomic E-state index is 12.9. The molecule has 0 aliphatic rings. The maximum Gasteiger partial charge on any atom is 0.306 e. The number of ether oxygens (including phenoxy) is 4. The van der Waals surface area contributed by atoms with Crippen LogP contribution in [0.2, 0.25) is 0 Å². The van der Waals surface area contributed by atoms with E-state index in [-0.39, 0.29) is 50.2 Å². The molecule has 0 aliphatic carbocycles. The lowest BCUT2D eigenvalue weighted by Gasteiger charge is -2.28. The highest BCUT2D eigenvalue weighted by Gasteiger charge is 2.22. The zero-order valence-electron chi connectivity index (χ0n) is 47.6. The number of carbonyl (C=O) groups excluding carboxylic acids is 4. The molecule has 0 bridgehead atoms. The van der Waals surface area contributed by atoms with Gasteiger partial charge < -0.3 is 37.4 Å². The molecule has 0 radical (unpaired) electrons. The zero-order valence-corrected chi connectivity index (χ0v) is 48.5. The molecule has 72 heavy (non-hydrogen) atoms. The average Bonchev–Trinajstić information content (AvgIpc) is 3.33. The van der Waals surface area contributed by atoms with Gasteiger partial charge in [-0.3, -0.25) is 23.7 Å². The molecule has 0 aromatic heterocycles. The highest BCUT2D eigenvalue weighted by molar-refractivity contribution is 7.45. The molecule has 0 saturated heterocycles. The minimum Gasteiger partial charge on any atom is -0.756 e. The van der Waals surface area contributed by atoms with E-state index in [4.69, 9.17) is 28.0 Å². The van der Waals surface area contributed by atoms with E-state index in [1.54, 1.807) is 0 Å². The van der Waals surface area contributed by atoms with Crippen molar-refractivity contribution in [1.82, 2.24) is 0 Å². The number of quaternary nitrogens is 1. The summed E-state index contributed by atoms with van der Waals surface area (Å²) in [6.45, 7) is 8.32. The third kappa shape index (κ3) is 48.9. The number of phosphoric ester groups is 1. The predicted molar refractivity (Wildman–Crippen MR) is 290 cm³/mol. The van der Waals surface area contributed by atoms with E-state index in [9.17, 15) is 28.6 Å². The van der Waals surface area contributed by atoms with Gasteiger partial charge in [0.05, 0.1) is 27.7 Å². The van der Waals surface area contributed by atoms with Gasteiger partial charge in [0.25, 0.3) is 7.82 Å². The van der Waals surface area contributed by atoms with Crippen molar-refractivity contribution in [2.45, 2.75) is 303 Å². The van der Waals surface area contributed by atoms with Gasteiger partial charge in [-0.1, -0.05) is 182 Å². The van der Waals surface area contributed by atoms with Crippen molar-refractivity contribution in [3.05, 3.63) is 0 Å². The molecule has 0 aromatic rings. The second-order valence-electron chi connectivity index (χ2n) is 21.7. The fourth-order valence-corrected chi connectivity index (χ4v) is 9.39. The number of unbranched alkanes of at least 4 members (excludes halogenated alkanes) is 26. The van der Waals surface area contributed by atoms with E-state index in [1.807, 2.05) is 21.1 Å². The van der Waals surface area contributed by atoms with E-state index in [0.29, 0.717) is 56.0 Å². The summed E-state index contributed by atoms with van der Waals surface area (Å²) in [4.78, 5) is 63.9. The van der Waals surface area contributed by atoms with Crippen LogP contribution in [0.25, 0.3) is 0 Å². The van der Waals surface area contributed by atoms with Crippen LogP contribution in [0, 0.1) is 0 Å². The first-order valence-electron chi connectivity index (χ1n) is 29.8. The Balaban J connectivity index is 4.92. The van der Waals surface area contributed by atoms with E-state index >= 15 is 0 Å². The summed E-state index contributed by atoms with van der Waals surface area (Å²) in [6, 6.07) is 0. The Morgan fingerprint density at radius 1 is 0.389 bits per heavy atom. The lowest BCUT2D eigenvalue weighted by Crippen LogP contribution is -2.37. The Bertz CT molecular complexity index is 1310. The van der Waals surface area contributed by atoms with Crippen molar-refractivity contribution in [2.24, 2.45) is 0 Å². The molecule has 0 amide bonds. The van der Waals surface area contributed by atoms with Gasteiger partial charge in [0.2, 0.25) is 0 Å². The van der Waals surface area contributed by atoms with Gasteiger partial charge in [-0.25, -0.2) is 0 Å². The fraction of sp³-hybridized carbons (Fsp3) is 0.931. The Morgan fingerprint density at radius 2 is 0.681 bits per heavy atom. The molecule has 426 valence electrons. The van der Waals surface area contributed by atoms with E-state index in [1.165, 1.54) is 128 Å². The van der Waals surface area contributed by atoms with Crippen molar-refractivity contribution in [1.29, 1.82) is 0 Å². The first-order valence-corrected chi connectivity index (χ1v) is 31.2. The molecule has 0 fully saturated rings. The van der Waals surface area contributed by atoms with Gasteiger partial charge in [-0.15, -0.1) is 0 Å². The van der Waals surface area contributed by atoms with Crippen molar-refractivity contribution in [3.8, 4) is 0 Å². The molecular formula is C58H112NO12P. The lowest BCUT2D eigenvalue weighted by molar-refractivity contribution is -0.870. The summed E-state index contributed by atoms with van der Waals surface area (Å²) >= 11 is 0. The minimum absolute atomic E-state index is 0.00936. The molecule has 0 saturated carbocycles. The Hall–Kier alpha value is -2.05. The number of hydrogen-bond donors (Lipinski definition) is 0. The van der Waals surface area contributed by atoms with Gasteiger partial charge in [0.1, 0.15) is 32.0 Å². The van der Waals surface area contributed by atoms with Crippen LogP contribution >= 0.6 is 7.82 Å². The van der Waals surface area contributed by atoms with Crippen molar-refractivity contribution >= 4 is 31.7 Å². The molecular weight excluding hydrogens is 934 g/mol. The number of likely N-dealkylation sites (N-methyl/N-ethyl adjacent to an activating group) is 1. The number of carbonyl (C=O) groups is 4. The van der Waals surface area contributed by atoms with Crippen molar-refractivity contribution in [3.63, 3.8) is 0 Å². The number of nitrogens with zero attached hydrogens (tertiary/aromatic N) is 1. The molecule has 2 atom stereocenters. The Kier molecular flexibility index (Phi) is 47.2. The largest absolute Gasteiger partial charge is 0.756 e. The van der Waals surface area contributed by atoms with Crippen LogP contribution in [0.1, 0.15) is 285 Å². The first kappa shape index (κ1) is 70.0. The standard InChI is InChI=1S/C58H112NO12P/c1-8-12-16-20-24-32-40-52(41-33-25-21-17-13-9-2)69-56(61)45-37-29-28-36-44-55(60)66-50-54(51-68-72(64,65)67-49-48-59(5,6)7)71-58(63)47-39-31-30-38-46-57(62)70-53(42-34-26-22-18-14-10-3)43-35-27-23-19-15-11-4/h52-54H,8-51H2,1-7H3/t54-/m0/s1. The number of hydrogen-bond acceptors (Lipinski definition) is 12. The number of phosphoric acid groups is 1. The van der Waals surface area contributed by atoms with E-state index < -0.39 is 32.5 Å². The smallest absolute Gasteiger partial charge is 0.306 e. The highest BCUT2D eigenvalue weighted by atomic mass is 31.2. The lowest BCUT2D eigenvalue weighted by atomic mass is 10.0. The highest BCUT2D eigenvalue weighted by Crippen LogP contribution is 2.38. The molecule has 13 nitrogen and oxygen atoms in total. The summed E-state index contributed by atoms with van der Waals surface area (Å²) in [5.41, 5.74) is 0. The zero-order chi connectivity index (χ0) is 53.4. The fourth-order valence-electron chi connectivity index (χ4n) is 8.67. The van der Waals surface area contributed by atoms with Gasteiger partial charge in [-0.2, -0.15) is 0 Å². The third-order valence-corrected chi connectivity index (χ3v) is 14.3. The molecule has 14 heteroatoms. The predicted octanol–water partition coefficient (Wildman–Crippen LogP) is 15.2. The summed E-state index contributed by atoms with van der Waals surface area (Å²) < 4.78 is 46.1. The van der Waals surface area contributed by atoms with Gasteiger partial charge in [-0.05, 0) is 77.0 Å². The molecule has 0 N–H and O–H groups in total. The maximum absolute atomic E-state index is 12.9. The van der Waals surface area contributed by atoms with Crippen molar-refractivity contribution < 1.29 is 61.1 Å². The minimum atomic E-state index is -4.72. The first-order chi connectivity index (χ1) is 34.6. The van der Waals surface area contributed by atoms with Crippen LogP contribution in [-0.2, 0) is 51.7 Å². The monoisotopic (exact) mass is 1050 g/mol. The second kappa shape index (κ2) is 48.6. The third-order valence-electron chi connectivity index (χ3n) is 13.3. The molecule has 0 heterocycles. The average molecular weight is 1050 g/mol. The van der Waals surface area contributed by atoms with Gasteiger partial charge in [0, 0.05) is 25.7 Å². The molecule has 0 aliphatic heterocycles. The van der Waals surface area contributed by atoms with E-state index in [0.717, 1.165) is 70.6 Å². The van der Waals surface area contributed by atoms with Crippen LogP contribution in [0.3, 0.4) is 0 Å². The second-order valence-corrected chi connectivity index (χ2v) is 23.1. The van der Waals surface area contributed by atoms with E-state index in [2.05, 4.69) is 27.7 Å². The molecule has 1 unspecified atom stereocenters. The number of rotatable bonds is 54. The molecule has 0 rings (SSSR count). The SMILES string of the molecule is CCCCCCCCC(CCCCCCCC)OC(=O)CCCCCCC(=O)OC[C@@H](COP(=O)([O-])OCC[N+](C)(C)C)OC(=O)CCCCCCC(=O)OC(CCCCCCCC)CCCCCCCC. The Labute approximate surface area is 441 Å². The summed E-state index contributed by atoms with van der Waals surface area (Å²) in [7, 11) is 0.997. The summed E-state index contributed by atoms with van der Waals surface area (Å²) in [5.74, 6) is -1.35. The van der Waals surface area contributed by atoms with Gasteiger partial charge in [0.15, 0.2) is 6.10 Å². The van der Waals surface area contributed by atoms with Crippen LogP contribution < -0.4 is 4.89 Å². The van der Waals surface area contributed by atoms with Crippen LogP contribution in [0.4, 0.5) is 0 Å². The van der Waals surface area contributed by atoms with Crippen LogP contribution in [0.15, 0.2) is 0 Å². The van der Waals surface area contributed by atoms with Crippen molar-refractivity contribution in [2.75, 3.05) is 47.5 Å². The Morgan fingerprint density at radius 3 is 1.01 bits per heavy atom. The van der Waals surface area contributed by atoms with Crippen LogP contribution in [0.5, 0.6) is 0 Å². The quantitative estimate of drug-likeness (QED) is 0.0186. The summed E-state index contributed by atoms with van der Waals surface area (Å²) in [6.07, 6.45) is 37.9. The van der Waals surface area contributed by atoms with Crippen LogP contribution in [-0.4, -0.2) is 94.2 Å². The topological polar surface area (TPSA) is 164 Å². The van der Waals surface area contributed by atoms with Gasteiger partial charge >= 0.3 is 23.9 Å². The number of esters is 4. The molecule has 0 aromatic carbocycles. The normalized spacial score (nSPS) is 13.1.